The maximum atomic E-state index is 12.7. The molecule has 6 nitrogen and oxygen atoms in total. The Bertz CT molecular complexity index is 1070. The lowest BCUT2D eigenvalue weighted by Crippen LogP contribution is -2.37. The van der Waals surface area contributed by atoms with E-state index >= 15 is 0 Å². The van der Waals surface area contributed by atoms with E-state index in [0.717, 1.165) is 30.4 Å². The molecule has 1 N–H and O–H groups in total. The van der Waals surface area contributed by atoms with Crippen LogP contribution in [0.15, 0.2) is 72.4 Å². The molecule has 1 aliphatic carbocycles. The quantitative estimate of drug-likeness (QED) is 0.175. The lowest BCUT2D eigenvalue weighted by atomic mass is 9.75. The van der Waals surface area contributed by atoms with Crippen LogP contribution in [0.5, 0.6) is 0 Å². The highest BCUT2D eigenvalue weighted by molar-refractivity contribution is 6.82. The maximum Gasteiger partial charge on any atom is 0.370 e. The van der Waals surface area contributed by atoms with Crippen molar-refractivity contribution >= 4 is 34.3 Å². The molecule has 0 spiro atoms. The van der Waals surface area contributed by atoms with Crippen molar-refractivity contribution in [3.8, 4) is 0 Å². The van der Waals surface area contributed by atoms with E-state index in [1.807, 2.05) is 54.6 Å². The Kier molecular flexibility index (Phi) is 10.1. The Balaban J connectivity index is 1.69. The molecule has 0 aliphatic heterocycles. The predicted octanol–water partition coefficient (Wildman–Crippen LogP) is 6.37. The van der Waals surface area contributed by atoms with E-state index in [0.29, 0.717) is 36.5 Å². The fourth-order valence-electron chi connectivity index (χ4n) is 4.71. The number of nitrogens with one attached hydrogen (secondary N) is 1. The number of carbonyl (C=O) groups is 2. The van der Waals surface area contributed by atoms with Gasteiger partial charge in [-0.25, -0.2) is 4.79 Å². The molecule has 3 atom stereocenters. The molecule has 0 aromatic heterocycles. The van der Waals surface area contributed by atoms with Gasteiger partial charge in [0, 0.05) is 13.1 Å². The van der Waals surface area contributed by atoms with Gasteiger partial charge in [-0.1, -0.05) is 93.9 Å². The van der Waals surface area contributed by atoms with Crippen LogP contribution in [0.3, 0.4) is 0 Å². The van der Waals surface area contributed by atoms with E-state index in [1.54, 1.807) is 4.90 Å². The summed E-state index contributed by atoms with van der Waals surface area (Å²) in [5, 5.41) is 3.84. The number of nitrogens with zero attached hydrogens (tertiary/aromatic N) is 2. The fraction of sp³-hybridized carbons (Fsp3) is 0.414. The largest absolute Gasteiger partial charge is 0.457 e. The van der Waals surface area contributed by atoms with Crippen molar-refractivity contribution in [3.63, 3.8) is 0 Å². The van der Waals surface area contributed by atoms with E-state index in [4.69, 9.17) is 16.3 Å². The monoisotopic (exact) mass is 509 g/mol. The van der Waals surface area contributed by atoms with Gasteiger partial charge in [0.25, 0.3) is 0 Å². The molecule has 0 bridgehead atoms. The second kappa shape index (κ2) is 13.3. The van der Waals surface area contributed by atoms with Gasteiger partial charge in [0.05, 0.1) is 5.69 Å². The number of anilines is 1. The number of amides is 1. The minimum atomic E-state index is -0.626. The van der Waals surface area contributed by atoms with Crippen molar-refractivity contribution in [3.05, 3.63) is 78.4 Å². The van der Waals surface area contributed by atoms with E-state index in [2.05, 4.69) is 37.9 Å². The third-order valence-corrected chi connectivity index (χ3v) is 6.98. The first kappa shape index (κ1) is 27.5. The van der Waals surface area contributed by atoms with Crippen molar-refractivity contribution in [2.45, 2.75) is 59.2 Å². The SMILES string of the molecule is C=CC(=O)N(Cc1ccccc1)Cc1ccccc1N/N=C(\Cl)C(=O)O[C@@H]1C[C@H](C)CC[C@H]1C(C)C. The normalized spacial score (nSPS) is 20.0. The van der Waals surface area contributed by atoms with Crippen molar-refractivity contribution in [1.82, 2.24) is 4.90 Å². The van der Waals surface area contributed by atoms with Crippen LogP contribution in [0.2, 0.25) is 0 Å². The standard InChI is InChI=1S/C29H36ClN3O3/c1-5-27(34)33(18-22-11-7-6-8-12-22)19-23-13-9-10-14-25(23)31-32-28(30)29(35)36-26-17-21(4)15-16-24(26)20(2)3/h5-14,20-21,24,26,31H,1,15-19H2,2-4H3/b32-28-/t21-,24+,26-/m1/s1. The third-order valence-electron chi connectivity index (χ3n) is 6.74. The van der Waals surface area contributed by atoms with Crippen LogP contribution in [-0.2, 0) is 27.4 Å². The summed E-state index contributed by atoms with van der Waals surface area (Å²) in [6, 6.07) is 17.2. The van der Waals surface area contributed by atoms with Crippen molar-refractivity contribution < 1.29 is 14.3 Å². The highest BCUT2D eigenvalue weighted by atomic mass is 35.5. The summed E-state index contributed by atoms with van der Waals surface area (Å²) in [7, 11) is 0. The first-order valence-corrected chi connectivity index (χ1v) is 12.9. The van der Waals surface area contributed by atoms with Gasteiger partial charge in [-0.05, 0) is 53.9 Å². The molecule has 0 radical (unpaired) electrons. The third kappa shape index (κ3) is 7.69. The molecule has 1 amide bonds. The molecule has 1 aliphatic rings. The number of hydrogen-bond acceptors (Lipinski definition) is 5. The molecule has 2 aromatic rings. The molecule has 3 rings (SSSR count). The Morgan fingerprint density at radius 3 is 2.53 bits per heavy atom. The minimum Gasteiger partial charge on any atom is -0.457 e. The molecule has 0 heterocycles. The number of benzene rings is 2. The van der Waals surface area contributed by atoms with Crippen LogP contribution in [0.25, 0.3) is 0 Å². The number of carbonyl (C=O) groups excluding carboxylic acids is 2. The molecule has 7 heteroatoms. The lowest BCUT2D eigenvalue weighted by Gasteiger charge is -2.36. The van der Waals surface area contributed by atoms with Crippen molar-refractivity contribution in [1.29, 1.82) is 0 Å². The predicted molar refractivity (Wildman–Crippen MR) is 145 cm³/mol. The first-order valence-electron chi connectivity index (χ1n) is 12.5. The molecule has 0 saturated heterocycles. The Morgan fingerprint density at radius 2 is 1.83 bits per heavy atom. The topological polar surface area (TPSA) is 71.0 Å². The number of ether oxygens (including phenoxy) is 1. The van der Waals surface area contributed by atoms with Crippen LogP contribution in [0.1, 0.15) is 51.2 Å². The highest BCUT2D eigenvalue weighted by Gasteiger charge is 2.34. The van der Waals surface area contributed by atoms with Gasteiger partial charge < -0.3 is 9.64 Å². The molecule has 192 valence electrons. The summed E-state index contributed by atoms with van der Waals surface area (Å²) in [5.41, 5.74) is 5.37. The highest BCUT2D eigenvalue weighted by Crippen LogP contribution is 2.35. The molecular formula is C29H36ClN3O3. The van der Waals surface area contributed by atoms with E-state index in [-0.39, 0.29) is 17.2 Å². The molecule has 1 fully saturated rings. The van der Waals surface area contributed by atoms with Gasteiger partial charge >= 0.3 is 5.97 Å². The van der Waals surface area contributed by atoms with Crippen LogP contribution in [0, 0.1) is 17.8 Å². The molecule has 2 aromatic carbocycles. The van der Waals surface area contributed by atoms with Gasteiger partial charge in [0.2, 0.25) is 11.1 Å². The minimum absolute atomic E-state index is 0.158. The van der Waals surface area contributed by atoms with Gasteiger partial charge in [0.15, 0.2) is 0 Å². The average Bonchev–Trinajstić information content (AvgIpc) is 2.87. The van der Waals surface area contributed by atoms with E-state index in [1.165, 1.54) is 6.08 Å². The number of esters is 1. The van der Waals surface area contributed by atoms with E-state index in [9.17, 15) is 9.59 Å². The van der Waals surface area contributed by atoms with Crippen LogP contribution < -0.4 is 5.43 Å². The molecule has 36 heavy (non-hydrogen) atoms. The van der Waals surface area contributed by atoms with Crippen molar-refractivity contribution in [2.24, 2.45) is 22.9 Å². The molecular weight excluding hydrogens is 474 g/mol. The Hall–Kier alpha value is -3.12. The first-order chi connectivity index (χ1) is 17.3. The summed E-state index contributed by atoms with van der Waals surface area (Å²) in [6.45, 7) is 10.9. The summed E-state index contributed by atoms with van der Waals surface area (Å²) < 4.78 is 5.79. The molecule has 0 unspecified atom stereocenters. The van der Waals surface area contributed by atoms with Gasteiger partial charge in [-0.15, -0.1) is 0 Å². The maximum absolute atomic E-state index is 12.7. The summed E-state index contributed by atoms with van der Waals surface area (Å²) in [5.74, 6) is 0.448. The molecule has 1 saturated carbocycles. The zero-order valence-electron chi connectivity index (χ0n) is 21.3. The Morgan fingerprint density at radius 1 is 1.14 bits per heavy atom. The van der Waals surface area contributed by atoms with Crippen LogP contribution in [0.4, 0.5) is 5.69 Å². The van der Waals surface area contributed by atoms with Gasteiger partial charge in [0.1, 0.15) is 6.10 Å². The average molecular weight is 510 g/mol. The number of rotatable bonds is 10. The van der Waals surface area contributed by atoms with E-state index < -0.39 is 5.97 Å². The zero-order valence-corrected chi connectivity index (χ0v) is 22.1. The smallest absolute Gasteiger partial charge is 0.370 e. The van der Waals surface area contributed by atoms with Gasteiger partial charge in [-0.3, -0.25) is 10.2 Å². The fourth-order valence-corrected chi connectivity index (χ4v) is 4.80. The number of hydrazone groups is 1. The Labute approximate surface area is 219 Å². The van der Waals surface area contributed by atoms with Crippen molar-refractivity contribution in [2.75, 3.05) is 5.43 Å². The summed E-state index contributed by atoms with van der Waals surface area (Å²) >= 11 is 6.24. The summed E-state index contributed by atoms with van der Waals surface area (Å²) in [4.78, 5) is 27.0. The van der Waals surface area contributed by atoms with Crippen LogP contribution >= 0.6 is 11.6 Å². The number of hydrogen-bond donors (Lipinski definition) is 1. The van der Waals surface area contributed by atoms with Crippen LogP contribution in [-0.4, -0.2) is 28.1 Å². The number of para-hydroxylation sites is 1. The van der Waals surface area contributed by atoms with Gasteiger partial charge in [-0.2, -0.15) is 5.10 Å². The summed E-state index contributed by atoms with van der Waals surface area (Å²) in [6.07, 6.45) is 4.17. The number of halogens is 1. The second-order valence-corrected chi connectivity index (χ2v) is 10.2. The zero-order chi connectivity index (χ0) is 26.1. The lowest BCUT2D eigenvalue weighted by molar-refractivity contribution is -0.147. The second-order valence-electron chi connectivity index (χ2n) is 9.83.